The van der Waals surface area contributed by atoms with Crippen LogP contribution in [0.5, 0.6) is 5.75 Å². The molecule has 3 amide bonds. The van der Waals surface area contributed by atoms with Crippen molar-refractivity contribution in [3.8, 4) is 5.75 Å². The molecule has 3 aliphatic heterocycles. The topological polar surface area (TPSA) is 99.8 Å². The highest BCUT2D eigenvalue weighted by atomic mass is 79.9. The fourth-order valence-electron chi connectivity index (χ4n) is 8.41. The van der Waals surface area contributed by atoms with Crippen LogP contribution in [0.2, 0.25) is 0 Å². The van der Waals surface area contributed by atoms with Crippen LogP contribution >= 0.6 is 39.0 Å². The number of aromatic amines is 1. The van der Waals surface area contributed by atoms with E-state index < -0.39 is 0 Å². The lowest BCUT2D eigenvalue weighted by molar-refractivity contribution is -0.134. The van der Waals surface area contributed by atoms with Crippen LogP contribution < -0.4 is 14.5 Å². The molecule has 2 aliphatic carbocycles. The molecule has 4 unspecified atom stereocenters. The number of amides is 3. The number of nitrogens with zero attached hydrogens (tertiary/aromatic N) is 2. The Morgan fingerprint density at radius 1 is 0.977 bits per heavy atom. The summed E-state index contributed by atoms with van der Waals surface area (Å²) in [6.45, 7) is 1.56. The van der Waals surface area contributed by atoms with Gasteiger partial charge in [0.25, 0.3) is 5.91 Å². The molecule has 43 heavy (non-hydrogen) atoms. The number of imide groups is 1. The first-order valence-corrected chi connectivity index (χ1v) is 17.4. The summed E-state index contributed by atoms with van der Waals surface area (Å²) in [6, 6.07) is 15.2. The summed E-state index contributed by atoms with van der Waals surface area (Å²) in [5.41, 5.74) is 1.63. The maximum atomic E-state index is 14.0. The number of benzene rings is 2. The van der Waals surface area contributed by atoms with E-state index >= 15 is 0 Å². The van der Waals surface area contributed by atoms with E-state index in [2.05, 4.69) is 27.0 Å². The van der Waals surface area contributed by atoms with Gasteiger partial charge in [0.2, 0.25) is 11.8 Å². The zero-order chi connectivity index (χ0) is 29.4. The molecule has 2 bridgehead atoms. The molecule has 222 valence electrons. The van der Waals surface area contributed by atoms with Crippen molar-refractivity contribution in [1.29, 1.82) is 0 Å². The third kappa shape index (κ3) is 4.44. The second-order valence-electron chi connectivity index (χ2n) is 12.3. The van der Waals surface area contributed by atoms with Crippen LogP contribution in [0.3, 0.4) is 0 Å². The smallest absolute Gasteiger partial charge is 0.305 e. The lowest BCUT2D eigenvalue weighted by Crippen LogP contribution is -2.42. The zero-order valence-electron chi connectivity index (χ0n) is 23.2. The summed E-state index contributed by atoms with van der Waals surface area (Å²) < 4.78 is 6.91. The van der Waals surface area contributed by atoms with Gasteiger partial charge in [0.05, 0.1) is 22.5 Å². The molecule has 1 N–H and O–H groups in total. The number of fused-ring (bicyclic) bond motifs is 9. The molecule has 11 heteroatoms. The fraction of sp³-hybridized carbons (Fsp3) is 0.438. The number of ether oxygens (including phenoxy) is 1. The molecule has 2 aromatic carbocycles. The largest absolute Gasteiger partial charge is 0.484 e. The summed E-state index contributed by atoms with van der Waals surface area (Å²) in [7, 11) is 0. The Hall–Kier alpha value is -2.89. The Labute approximate surface area is 265 Å². The minimum Gasteiger partial charge on any atom is -0.484 e. The number of hydrogen-bond donors (Lipinski definition) is 1. The van der Waals surface area contributed by atoms with E-state index in [4.69, 9.17) is 4.74 Å². The molecule has 8 nitrogen and oxygen atoms in total. The Balaban J connectivity index is 1.11. The highest BCUT2D eigenvalue weighted by Gasteiger charge is 2.69. The van der Waals surface area contributed by atoms with Crippen LogP contribution in [0, 0.1) is 29.6 Å². The van der Waals surface area contributed by atoms with E-state index in [-0.39, 0.29) is 70.0 Å². The Morgan fingerprint density at radius 3 is 2.49 bits per heavy atom. The van der Waals surface area contributed by atoms with Gasteiger partial charge in [-0.25, -0.2) is 0 Å². The maximum Gasteiger partial charge on any atom is 0.305 e. The second-order valence-corrected chi connectivity index (χ2v) is 15.4. The number of piperidine rings is 1. The van der Waals surface area contributed by atoms with Crippen LogP contribution in [0.15, 0.2) is 62.8 Å². The third-order valence-corrected chi connectivity index (χ3v) is 13.2. The SMILES string of the molecule is O=C(COc1cccc([C@H]2c3sc(=O)[nH]c3SC3C2[C@H]2C[C@@H]3C3C(=O)N(c4ccc(Br)cc4)C(=O)C32)c1)N1CCCCC1. The normalized spacial score (nSPS) is 30.8. The van der Waals surface area contributed by atoms with Crippen molar-refractivity contribution < 1.29 is 19.1 Å². The first-order valence-electron chi connectivity index (χ1n) is 14.9. The van der Waals surface area contributed by atoms with E-state index in [1.807, 2.05) is 47.4 Å². The van der Waals surface area contributed by atoms with Crippen molar-refractivity contribution in [2.45, 2.75) is 41.9 Å². The molecule has 0 spiro atoms. The highest BCUT2D eigenvalue weighted by Crippen LogP contribution is 2.68. The number of carbonyl (C=O) groups excluding carboxylic acids is 3. The highest BCUT2D eigenvalue weighted by molar-refractivity contribution is 9.10. The number of thioether (sulfide) groups is 1. The molecule has 4 heterocycles. The number of likely N-dealkylation sites (tertiary alicyclic amines) is 1. The number of carbonyl (C=O) groups is 3. The summed E-state index contributed by atoms with van der Waals surface area (Å²) >= 11 is 6.36. The Bertz CT molecular complexity index is 1680. The predicted octanol–water partition coefficient (Wildman–Crippen LogP) is 5.27. The van der Waals surface area contributed by atoms with Crippen molar-refractivity contribution in [2.24, 2.45) is 29.6 Å². The minimum atomic E-state index is -0.357. The van der Waals surface area contributed by atoms with Gasteiger partial charge in [-0.2, -0.15) is 0 Å². The molecule has 3 aromatic rings. The monoisotopic (exact) mass is 679 g/mol. The van der Waals surface area contributed by atoms with Gasteiger partial charge >= 0.3 is 4.87 Å². The molecule has 7 atom stereocenters. The molecule has 8 rings (SSSR count). The number of anilines is 1. The molecule has 5 aliphatic rings. The number of rotatable bonds is 5. The number of thiazole rings is 1. The van der Waals surface area contributed by atoms with E-state index in [0.717, 1.165) is 58.7 Å². The Morgan fingerprint density at radius 2 is 1.72 bits per heavy atom. The first-order chi connectivity index (χ1) is 20.9. The van der Waals surface area contributed by atoms with Gasteiger partial charge in [-0.05, 0) is 85.4 Å². The summed E-state index contributed by atoms with van der Waals surface area (Å²) in [5, 5.41) is 0.986. The average Bonchev–Trinajstić information content (AvgIpc) is 3.76. The summed E-state index contributed by atoms with van der Waals surface area (Å²) in [5.74, 6) is -0.183. The molecule has 0 radical (unpaired) electrons. The van der Waals surface area contributed by atoms with E-state index in [1.165, 1.54) is 16.2 Å². The number of nitrogens with one attached hydrogen (secondary N) is 1. The quantitative estimate of drug-likeness (QED) is 0.369. The van der Waals surface area contributed by atoms with Crippen LogP contribution in [-0.2, 0) is 14.4 Å². The van der Waals surface area contributed by atoms with Crippen LogP contribution in [0.25, 0.3) is 0 Å². The number of hydrogen-bond acceptors (Lipinski definition) is 7. The van der Waals surface area contributed by atoms with Crippen molar-refractivity contribution in [3.05, 3.63) is 73.1 Å². The standard InChI is InChI=1S/C32H30BrN3O5S2/c33-17-7-9-18(10-8-17)36-30(38)25-20-14-21(26(25)31(36)39)27-24(20)23(28-29(42-27)34-32(40)43-28)16-5-4-6-19(13-16)41-15-22(37)35-11-2-1-3-12-35/h4-10,13,20-21,23-27H,1-3,11-12,14-15H2,(H,34,40)/t20-,21-,23-,24?,25?,26?,27?/m1/s1. The molecule has 4 fully saturated rings. The molecule has 2 saturated carbocycles. The second kappa shape index (κ2) is 10.6. The molecular weight excluding hydrogens is 650 g/mol. The van der Waals surface area contributed by atoms with Crippen LogP contribution in [-0.4, -0.2) is 52.6 Å². The molecule has 2 saturated heterocycles. The van der Waals surface area contributed by atoms with E-state index in [1.54, 1.807) is 11.8 Å². The lowest BCUT2D eigenvalue weighted by atomic mass is 9.68. The van der Waals surface area contributed by atoms with Crippen molar-refractivity contribution in [1.82, 2.24) is 9.88 Å². The minimum absolute atomic E-state index is 0.00394. The van der Waals surface area contributed by atoms with Gasteiger partial charge in [0.1, 0.15) is 5.75 Å². The lowest BCUT2D eigenvalue weighted by Gasteiger charge is -2.43. The van der Waals surface area contributed by atoms with E-state index in [9.17, 15) is 19.2 Å². The van der Waals surface area contributed by atoms with E-state index in [0.29, 0.717) is 11.4 Å². The number of halogens is 1. The van der Waals surface area contributed by atoms with Gasteiger partial charge < -0.3 is 14.6 Å². The molecular formula is C32H30BrN3O5S2. The van der Waals surface area contributed by atoms with Gasteiger partial charge in [-0.3, -0.25) is 24.1 Å². The molecule has 1 aromatic heterocycles. The maximum absolute atomic E-state index is 14.0. The Kier molecular flexibility index (Phi) is 6.83. The van der Waals surface area contributed by atoms with Gasteiger partial charge in [-0.15, -0.1) is 11.8 Å². The van der Waals surface area contributed by atoms with Gasteiger partial charge in [-0.1, -0.05) is 39.4 Å². The number of aromatic nitrogens is 1. The zero-order valence-corrected chi connectivity index (χ0v) is 26.5. The number of H-pyrrole nitrogens is 1. The fourth-order valence-corrected chi connectivity index (χ4v) is 11.6. The van der Waals surface area contributed by atoms with Crippen LogP contribution in [0.4, 0.5) is 5.69 Å². The van der Waals surface area contributed by atoms with Crippen LogP contribution in [0.1, 0.15) is 42.0 Å². The van der Waals surface area contributed by atoms with Gasteiger partial charge in [0, 0.05) is 33.6 Å². The van der Waals surface area contributed by atoms with Crippen molar-refractivity contribution in [3.63, 3.8) is 0 Å². The third-order valence-electron chi connectivity index (χ3n) is 10.1. The average molecular weight is 681 g/mol. The van der Waals surface area contributed by atoms with Crippen molar-refractivity contribution in [2.75, 3.05) is 24.6 Å². The summed E-state index contributed by atoms with van der Waals surface area (Å²) in [4.78, 5) is 60.4. The predicted molar refractivity (Wildman–Crippen MR) is 167 cm³/mol. The summed E-state index contributed by atoms with van der Waals surface area (Å²) in [6.07, 6.45) is 4.06. The van der Waals surface area contributed by atoms with Crippen molar-refractivity contribution >= 4 is 62.4 Å². The van der Waals surface area contributed by atoms with Gasteiger partial charge in [0.15, 0.2) is 6.61 Å². The first kappa shape index (κ1) is 27.6.